The predicted octanol–water partition coefficient (Wildman–Crippen LogP) is 3.29. The Morgan fingerprint density at radius 3 is 2.50 bits per heavy atom. The molecule has 20 heavy (non-hydrogen) atoms. The van der Waals surface area contributed by atoms with Crippen LogP contribution in [0.3, 0.4) is 0 Å². The molecule has 1 amide bonds. The van der Waals surface area contributed by atoms with Crippen LogP contribution in [0.25, 0.3) is 0 Å². The number of hydrogen-bond donors (Lipinski definition) is 1. The molecular formula is C14H11BrN2O3. The van der Waals surface area contributed by atoms with Crippen LogP contribution >= 0.6 is 15.9 Å². The molecule has 1 N–H and O–H groups in total. The van der Waals surface area contributed by atoms with Crippen molar-refractivity contribution in [2.75, 3.05) is 0 Å². The summed E-state index contributed by atoms with van der Waals surface area (Å²) < 4.78 is 0.681. The molecule has 0 saturated heterocycles. The number of nitro groups is 1. The van der Waals surface area contributed by atoms with Gasteiger partial charge in [-0.25, -0.2) is 0 Å². The van der Waals surface area contributed by atoms with Crippen LogP contribution in [0.1, 0.15) is 15.9 Å². The highest BCUT2D eigenvalue weighted by Gasteiger charge is 2.14. The van der Waals surface area contributed by atoms with Crippen molar-refractivity contribution in [3.05, 3.63) is 74.2 Å². The van der Waals surface area contributed by atoms with E-state index in [1.165, 1.54) is 6.07 Å². The molecular weight excluding hydrogens is 324 g/mol. The molecule has 0 aliphatic heterocycles. The third-order valence-corrected chi connectivity index (χ3v) is 3.44. The minimum Gasteiger partial charge on any atom is -0.348 e. The molecule has 2 rings (SSSR count). The van der Waals surface area contributed by atoms with Gasteiger partial charge in [0.15, 0.2) is 0 Å². The van der Waals surface area contributed by atoms with E-state index in [2.05, 4.69) is 21.2 Å². The average Bonchev–Trinajstić information content (AvgIpc) is 2.45. The highest BCUT2D eigenvalue weighted by atomic mass is 79.9. The van der Waals surface area contributed by atoms with Gasteiger partial charge in [-0.3, -0.25) is 14.9 Å². The van der Waals surface area contributed by atoms with Crippen molar-refractivity contribution in [1.29, 1.82) is 0 Å². The number of carbonyl (C=O) groups excluding carboxylic acids is 1. The number of carbonyl (C=O) groups is 1. The molecule has 6 heteroatoms. The normalized spacial score (nSPS) is 10.1. The number of amides is 1. The molecule has 0 spiro atoms. The molecule has 0 atom stereocenters. The first-order valence-electron chi connectivity index (χ1n) is 5.84. The molecule has 0 aromatic heterocycles. The van der Waals surface area contributed by atoms with Gasteiger partial charge in [-0.15, -0.1) is 0 Å². The third kappa shape index (κ3) is 3.21. The lowest BCUT2D eigenvalue weighted by Crippen LogP contribution is -2.23. The largest absolute Gasteiger partial charge is 0.348 e. The smallest absolute Gasteiger partial charge is 0.274 e. The van der Waals surface area contributed by atoms with E-state index in [-0.39, 0.29) is 18.1 Å². The highest BCUT2D eigenvalue weighted by molar-refractivity contribution is 9.10. The van der Waals surface area contributed by atoms with Crippen LogP contribution in [0.15, 0.2) is 53.0 Å². The second kappa shape index (κ2) is 6.29. The Labute approximate surface area is 123 Å². The first-order chi connectivity index (χ1) is 9.59. The molecule has 102 valence electrons. The first kappa shape index (κ1) is 14.2. The zero-order chi connectivity index (χ0) is 14.5. The molecule has 0 aliphatic carbocycles. The Morgan fingerprint density at radius 2 is 1.80 bits per heavy atom. The summed E-state index contributed by atoms with van der Waals surface area (Å²) >= 11 is 3.29. The molecule has 2 aromatic rings. The summed E-state index contributed by atoms with van der Waals surface area (Å²) in [6.07, 6.45) is 0. The van der Waals surface area contributed by atoms with E-state index in [9.17, 15) is 14.9 Å². The second-order valence-corrected chi connectivity index (χ2v) is 4.90. The Kier molecular flexibility index (Phi) is 4.47. The summed E-state index contributed by atoms with van der Waals surface area (Å²) in [5.41, 5.74) is 0.962. The summed E-state index contributed by atoms with van der Waals surface area (Å²) in [6.45, 7) is 0.108. The standard InChI is InChI=1S/C14H11BrN2O3/c15-12-7-3-2-6-11(12)14(18)16-9-10-5-1-4-8-13(10)17(19)20/h1-8H,9H2,(H,16,18). The Hall–Kier alpha value is -2.21. The van der Waals surface area contributed by atoms with Gasteiger partial charge in [-0.1, -0.05) is 30.3 Å². The van der Waals surface area contributed by atoms with Crippen molar-refractivity contribution in [3.8, 4) is 0 Å². The van der Waals surface area contributed by atoms with Crippen LogP contribution in [0, 0.1) is 10.1 Å². The highest BCUT2D eigenvalue weighted by Crippen LogP contribution is 2.18. The number of halogens is 1. The fraction of sp³-hybridized carbons (Fsp3) is 0.0714. The topological polar surface area (TPSA) is 72.2 Å². The molecule has 5 nitrogen and oxygen atoms in total. The van der Waals surface area contributed by atoms with Gasteiger partial charge in [0.05, 0.1) is 10.5 Å². The molecule has 0 fully saturated rings. The van der Waals surface area contributed by atoms with Gasteiger partial charge in [0.25, 0.3) is 11.6 Å². The number of nitrogens with one attached hydrogen (secondary N) is 1. The lowest BCUT2D eigenvalue weighted by atomic mass is 10.1. The van der Waals surface area contributed by atoms with E-state index in [0.717, 1.165) is 0 Å². The Bertz CT molecular complexity index is 658. The van der Waals surface area contributed by atoms with E-state index in [0.29, 0.717) is 15.6 Å². The van der Waals surface area contributed by atoms with Gasteiger partial charge in [0.1, 0.15) is 0 Å². The SMILES string of the molecule is O=C(NCc1ccccc1[N+](=O)[O-])c1ccccc1Br. The molecule has 0 bridgehead atoms. The van der Waals surface area contributed by atoms with Crippen LogP contribution < -0.4 is 5.32 Å². The maximum Gasteiger partial charge on any atom is 0.274 e. The number of benzene rings is 2. The molecule has 0 saturated carbocycles. The number of para-hydroxylation sites is 1. The zero-order valence-corrected chi connectivity index (χ0v) is 12.0. The summed E-state index contributed by atoms with van der Waals surface area (Å²) in [6, 6.07) is 13.3. The summed E-state index contributed by atoms with van der Waals surface area (Å²) in [5, 5.41) is 13.6. The average molecular weight is 335 g/mol. The van der Waals surface area contributed by atoms with Crippen LogP contribution in [0.2, 0.25) is 0 Å². The lowest BCUT2D eigenvalue weighted by Gasteiger charge is -2.07. The lowest BCUT2D eigenvalue weighted by molar-refractivity contribution is -0.385. The van der Waals surface area contributed by atoms with E-state index in [4.69, 9.17) is 0 Å². The zero-order valence-electron chi connectivity index (χ0n) is 10.4. The minimum atomic E-state index is -0.458. The van der Waals surface area contributed by atoms with Gasteiger partial charge in [0.2, 0.25) is 0 Å². The Balaban J connectivity index is 2.12. The van der Waals surface area contributed by atoms with Crippen LogP contribution in [-0.2, 0) is 6.54 Å². The molecule has 0 unspecified atom stereocenters. The first-order valence-corrected chi connectivity index (χ1v) is 6.64. The van der Waals surface area contributed by atoms with E-state index < -0.39 is 4.92 Å². The van der Waals surface area contributed by atoms with Crippen molar-refractivity contribution in [2.45, 2.75) is 6.54 Å². The number of nitrogens with zero attached hydrogens (tertiary/aromatic N) is 1. The minimum absolute atomic E-state index is 0.0000673. The molecule has 2 aromatic carbocycles. The maximum absolute atomic E-state index is 12.0. The van der Waals surface area contributed by atoms with Crippen molar-refractivity contribution >= 4 is 27.5 Å². The van der Waals surface area contributed by atoms with Gasteiger partial charge in [0, 0.05) is 22.6 Å². The summed E-state index contributed by atoms with van der Waals surface area (Å²) in [5.74, 6) is -0.282. The van der Waals surface area contributed by atoms with Crippen molar-refractivity contribution < 1.29 is 9.72 Å². The summed E-state index contributed by atoms with van der Waals surface area (Å²) in [7, 11) is 0. The second-order valence-electron chi connectivity index (χ2n) is 4.05. The number of hydrogen-bond acceptors (Lipinski definition) is 3. The number of nitro benzene ring substituents is 1. The Morgan fingerprint density at radius 1 is 1.15 bits per heavy atom. The molecule has 0 aliphatic rings. The van der Waals surface area contributed by atoms with Gasteiger partial charge in [-0.05, 0) is 28.1 Å². The fourth-order valence-corrected chi connectivity index (χ4v) is 2.22. The van der Waals surface area contributed by atoms with Crippen LogP contribution in [-0.4, -0.2) is 10.8 Å². The third-order valence-electron chi connectivity index (χ3n) is 2.75. The maximum atomic E-state index is 12.0. The molecule has 0 radical (unpaired) electrons. The fourth-order valence-electron chi connectivity index (χ4n) is 1.75. The van der Waals surface area contributed by atoms with Gasteiger partial charge in [-0.2, -0.15) is 0 Å². The van der Waals surface area contributed by atoms with E-state index >= 15 is 0 Å². The van der Waals surface area contributed by atoms with Crippen molar-refractivity contribution in [1.82, 2.24) is 5.32 Å². The predicted molar refractivity (Wildman–Crippen MR) is 78.4 cm³/mol. The summed E-state index contributed by atoms with van der Waals surface area (Å²) in [4.78, 5) is 22.4. The van der Waals surface area contributed by atoms with Crippen molar-refractivity contribution in [2.24, 2.45) is 0 Å². The van der Waals surface area contributed by atoms with E-state index in [1.807, 2.05) is 6.07 Å². The van der Waals surface area contributed by atoms with Gasteiger partial charge < -0.3 is 5.32 Å². The van der Waals surface area contributed by atoms with Crippen LogP contribution in [0.4, 0.5) is 5.69 Å². The van der Waals surface area contributed by atoms with E-state index in [1.54, 1.807) is 36.4 Å². The molecule has 0 heterocycles. The van der Waals surface area contributed by atoms with Crippen LogP contribution in [0.5, 0.6) is 0 Å². The van der Waals surface area contributed by atoms with Crippen molar-refractivity contribution in [3.63, 3.8) is 0 Å². The quantitative estimate of drug-likeness (QED) is 0.688. The number of rotatable bonds is 4. The monoisotopic (exact) mass is 334 g/mol. The van der Waals surface area contributed by atoms with Gasteiger partial charge >= 0.3 is 0 Å².